The first kappa shape index (κ1) is 27.3. The molecule has 1 atom stereocenters. The Morgan fingerprint density at radius 2 is 1.79 bits per heavy atom. The number of piperazine rings is 1. The number of carbonyl (C=O) groups excluding carboxylic acids is 1. The van der Waals surface area contributed by atoms with Gasteiger partial charge in [-0.1, -0.05) is 36.4 Å². The molecular formula is C30H28F3N7O2. The third-order valence-corrected chi connectivity index (χ3v) is 7.71. The summed E-state index contributed by atoms with van der Waals surface area (Å²) in [6, 6.07) is 19.8. The van der Waals surface area contributed by atoms with E-state index >= 15 is 0 Å². The molecule has 0 radical (unpaired) electrons. The van der Waals surface area contributed by atoms with Gasteiger partial charge in [0.15, 0.2) is 0 Å². The van der Waals surface area contributed by atoms with Gasteiger partial charge in [-0.05, 0) is 41.5 Å². The highest BCUT2D eigenvalue weighted by Gasteiger charge is 2.41. The van der Waals surface area contributed by atoms with Gasteiger partial charge in [-0.2, -0.15) is 18.3 Å². The van der Waals surface area contributed by atoms with Crippen LogP contribution in [0.2, 0.25) is 0 Å². The second kappa shape index (κ2) is 11.2. The highest BCUT2D eigenvalue weighted by Crippen LogP contribution is 2.42. The molecule has 1 fully saturated rings. The number of pyridine rings is 1. The summed E-state index contributed by atoms with van der Waals surface area (Å²) in [5.41, 5.74) is 0.0807. The molecule has 0 spiro atoms. The van der Waals surface area contributed by atoms with Crippen LogP contribution in [0.3, 0.4) is 0 Å². The Morgan fingerprint density at radius 1 is 1.00 bits per heavy atom. The second-order valence-corrected chi connectivity index (χ2v) is 10.2. The maximum absolute atomic E-state index is 13.9. The standard InChI is InChI=1S/C30H28F3N7O2/c31-30(32,33)27-25(18-36-37-28(27)41)40-19-21-6-1-2-9-23(21)24(40)17-35-22-8-5-7-20(16-22)29(42)39-14-12-38(13-15-39)26-10-3-4-11-34-26/h1-11,16,18,24,35H,12-15,17,19H2,(H,37,41)/t24-/m1/s1. The molecule has 12 heteroatoms. The molecular weight excluding hydrogens is 547 g/mol. The molecule has 2 aliphatic rings. The number of anilines is 3. The van der Waals surface area contributed by atoms with Crippen LogP contribution >= 0.6 is 0 Å². The van der Waals surface area contributed by atoms with Crippen molar-refractivity contribution in [3.63, 3.8) is 0 Å². The number of carbonyl (C=O) groups is 1. The maximum Gasteiger partial charge on any atom is 0.423 e. The Labute approximate surface area is 239 Å². The van der Waals surface area contributed by atoms with Crippen LogP contribution in [0, 0.1) is 0 Å². The lowest BCUT2D eigenvalue weighted by atomic mass is 10.0. The predicted octanol–water partition coefficient (Wildman–Crippen LogP) is 4.32. The molecule has 9 nitrogen and oxygen atoms in total. The molecule has 216 valence electrons. The molecule has 2 aromatic carbocycles. The van der Waals surface area contributed by atoms with E-state index in [1.165, 1.54) is 0 Å². The zero-order valence-electron chi connectivity index (χ0n) is 22.5. The first-order valence-electron chi connectivity index (χ1n) is 13.6. The number of benzene rings is 2. The summed E-state index contributed by atoms with van der Waals surface area (Å²) in [5, 5.41) is 8.89. The van der Waals surface area contributed by atoms with Gasteiger partial charge in [-0.15, -0.1) is 0 Å². The van der Waals surface area contributed by atoms with E-state index in [9.17, 15) is 22.8 Å². The minimum Gasteiger partial charge on any atom is -0.383 e. The number of aromatic nitrogens is 3. The van der Waals surface area contributed by atoms with Crippen molar-refractivity contribution in [1.29, 1.82) is 0 Å². The molecule has 2 aromatic heterocycles. The normalized spacial score (nSPS) is 16.8. The van der Waals surface area contributed by atoms with Crippen molar-refractivity contribution in [3.8, 4) is 0 Å². The molecule has 6 rings (SSSR count). The van der Waals surface area contributed by atoms with Crippen LogP contribution in [0.15, 0.2) is 83.9 Å². The van der Waals surface area contributed by atoms with Gasteiger partial charge < -0.3 is 20.0 Å². The van der Waals surface area contributed by atoms with Crippen LogP contribution in [-0.2, 0) is 12.7 Å². The Balaban J connectivity index is 1.18. The number of H-pyrrole nitrogens is 1. The lowest BCUT2D eigenvalue weighted by molar-refractivity contribution is -0.138. The fraction of sp³-hybridized carbons (Fsp3) is 0.267. The van der Waals surface area contributed by atoms with E-state index in [1.807, 2.05) is 58.5 Å². The number of hydrogen-bond acceptors (Lipinski definition) is 7. The van der Waals surface area contributed by atoms with Gasteiger partial charge >= 0.3 is 6.18 Å². The average molecular weight is 576 g/mol. The van der Waals surface area contributed by atoms with Gasteiger partial charge in [0.25, 0.3) is 11.5 Å². The molecule has 4 aromatic rings. The summed E-state index contributed by atoms with van der Waals surface area (Å²) in [4.78, 5) is 35.4. The fourth-order valence-corrected chi connectivity index (χ4v) is 5.66. The summed E-state index contributed by atoms with van der Waals surface area (Å²) >= 11 is 0. The van der Waals surface area contributed by atoms with Gasteiger partial charge in [-0.3, -0.25) is 9.59 Å². The molecule has 2 N–H and O–H groups in total. The SMILES string of the molecule is O=C(c1cccc(NC[C@@H]2c3ccccc3CN2c2cn[nH]c(=O)c2C(F)(F)F)c1)N1CCN(c2ccccn2)CC1. The Morgan fingerprint density at radius 3 is 2.55 bits per heavy atom. The van der Waals surface area contributed by atoms with E-state index in [2.05, 4.69) is 20.3 Å². The number of nitrogens with zero attached hydrogens (tertiary/aromatic N) is 5. The van der Waals surface area contributed by atoms with Gasteiger partial charge in [0.05, 0.1) is 17.9 Å². The van der Waals surface area contributed by atoms with E-state index in [1.54, 1.807) is 29.3 Å². The summed E-state index contributed by atoms with van der Waals surface area (Å²) in [6.07, 6.45) is -2.05. The Bertz CT molecular complexity index is 1640. The summed E-state index contributed by atoms with van der Waals surface area (Å²) < 4.78 is 41.8. The third kappa shape index (κ3) is 5.39. The zero-order chi connectivity index (χ0) is 29.3. The number of fused-ring (bicyclic) bond motifs is 1. The molecule has 4 heterocycles. The number of alkyl halides is 3. The van der Waals surface area contributed by atoms with Gasteiger partial charge in [0.1, 0.15) is 11.4 Å². The molecule has 0 saturated carbocycles. The monoisotopic (exact) mass is 575 g/mol. The minimum absolute atomic E-state index is 0.0865. The van der Waals surface area contributed by atoms with Crippen LogP contribution < -0.4 is 20.7 Å². The summed E-state index contributed by atoms with van der Waals surface area (Å²) in [6.45, 7) is 2.91. The number of hydrogen-bond donors (Lipinski definition) is 2. The van der Waals surface area contributed by atoms with Crippen LogP contribution in [-0.4, -0.2) is 58.7 Å². The smallest absolute Gasteiger partial charge is 0.383 e. The van der Waals surface area contributed by atoms with Crippen molar-refractivity contribution in [2.45, 2.75) is 18.8 Å². The minimum atomic E-state index is -4.85. The van der Waals surface area contributed by atoms with Crippen molar-refractivity contribution in [2.75, 3.05) is 47.8 Å². The summed E-state index contributed by atoms with van der Waals surface area (Å²) in [5.74, 6) is 0.799. The van der Waals surface area contributed by atoms with Crippen LogP contribution in [0.1, 0.15) is 33.1 Å². The van der Waals surface area contributed by atoms with Crippen molar-refractivity contribution in [3.05, 3.63) is 112 Å². The van der Waals surface area contributed by atoms with Gasteiger partial charge in [0.2, 0.25) is 0 Å². The topological polar surface area (TPSA) is 97.5 Å². The highest BCUT2D eigenvalue weighted by molar-refractivity contribution is 5.95. The molecule has 1 amide bonds. The van der Waals surface area contributed by atoms with E-state index in [4.69, 9.17) is 0 Å². The Hall–Kier alpha value is -4.87. The molecule has 1 saturated heterocycles. The first-order valence-corrected chi connectivity index (χ1v) is 13.6. The number of aromatic amines is 1. The summed E-state index contributed by atoms with van der Waals surface area (Å²) in [7, 11) is 0. The quantitative estimate of drug-likeness (QED) is 0.354. The largest absolute Gasteiger partial charge is 0.423 e. The lowest BCUT2D eigenvalue weighted by Gasteiger charge is -2.35. The molecule has 0 bridgehead atoms. The van der Waals surface area contributed by atoms with Crippen LogP contribution in [0.4, 0.5) is 30.4 Å². The van der Waals surface area contributed by atoms with E-state index in [-0.39, 0.29) is 24.7 Å². The average Bonchev–Trinajstić information content (AvgIpc) is 3.38. The van der Waals surface area contributed by atoms with Crippen LogP contribution in [0.5, 0.6) is 0 Å². The van der Waals surface area contributed by atoms with Crippen molar-refractivity contribution >= 4 is 23.1 Å². The number of nitrogens with one attached hydrogen (secondary N) is 2. The Kier molecular flexibility index (Phi) is 7.27. The number of amides is 1. The number of rotatable bonds is 6. The molecule has 2 aliphatic heterocycles. The van der Waals surface area contributed by atoms with E-state index in [0.717, 1.165) is 23.1 Å². The lowest BCUT2D eigenvalue weighted by Crippen LogP contribution is -2.49. The first-order chi connectivity index (χ1) is 20.3. The maximum atomic E-state index is 13.9. The van der Waals surface area contributed by atoms with Gasteiger partial charge in [-0.25, -0.2) is 10.1 Å². The highest BCUT2D eigenvalue weighted by atomic mass is 19.4. The molecule has 0 unspecified atom stereocenters. The van der Waals surface area contributed by atoms with Crippen LogP contribution in [0.25, 0.3) is 0 Å². The second-order valence-electron chi connectivity index (χ2n) is 10.2. The van der Waals surface area contributed by atoms with E-state index in [0.29, 0.717) is 37.4 Å². The van der Waals surface area contributed by atoms with E-state index < -0.39 is 23.3 Å². The molecule has 0 aliphatic carbocycles. The predicted molar refractivity (Wildman–Crippen MR) is 153 cm³/mol. The molecule has 42 heavy (non-hydrogen) atoms. The van der Waals surface area contributed by atoms with Crippen molar-refractivity contribution in [1.82, 2.24) is 20.1 Å². The fourth-order valence-electron chi connectivity index (χ4n) is 5.66. The van der Waals surface area contributed by atoms with Crippen molar-refractivity contribution in [2.24, 2.45) is 0 Å². The van der Waals surface area contributed by atoms with Gasteiger partial charge in [0, 0.05) is 56.7 Å². The number of halogens is 3. The third-order valence-electron chi connectivity index (χ3n) is 7.71. The van der Waals surface area contributed by atoms with Crippen molar-refractivity contribution < 1.29 is 18.0 Å². The zero-order valence-corrected chi connectivity index (χ0v) is 22.5.